The molecule has 0 radical (unpaired) electrons. The van der Waals surface area contributed by atoms with Crippen LogP contribution in [0.15, 0.2) is 9.59 Å². The molecule has 0 spiro atoms. The Morgan fingerprint density at radius 3 is 2.52 bits per heavy atom. The minimum absolute atomic E-state index is 0.0802. The summed E-state index contributed by atoms with van der Waals surface area (Å²) >= 11 is 1.11. The van der Waals surface area contributed by atoms with Gasteiger partial charge in [-0.25, -0.2) is 9.59 Å². The molecule has 3 heterocycles. The smallest absolute Gasteiger partial charge is 0.381 e. The number of urea groups is 1. The van der Waals surface area contributed by atoms with Crippen molar-refractivity contribution in [2.75, 3.05) is 20.2 Å². The molecule has 1 aliphatic heterocycles. The molecule has 31 heavy (non-hydrogen) atoms. The monoisotopic (exact) mass is 460 g/mol. The number of rotatable bonds is 6. The van der Waals surface area contributed by atoms with Gasteiger partial charge in [0.1, 0.15) is 4.83 Å². The number of amides is 2. The first-order valence-corrected chi connectivity index (χ1v) is 10.8. The lowest BCUT2D eigenvalue weighted by molar-refractivity contribution is -0.136. The van der Waals surface area contributed by atoms with E-state index in [4.69, 9.17) is 4.74 Å². The van der Waals surface area contributed by atoms with E-state index in [1.807, 2.05) is 0 Å². The molecule has 1 saturated heterocycles. The number of fused-ring (bicyclic) bond motifs is 1. The molecule has 2 fully saturated rings. The van der Waals surface area contributed by atoms with Crippen molar-refractivity contribution in [3.8, 4) is 0 Å². The highest BCUT2D eigenvalue weighted by Gasteiger charge is 2.35. The number of alkyl halides is 3. The Labute approximate surface area is 179 Å². The molecule has 170 valence electrons. The molecule has 2 aliphatic rings. The molecule has 0 bridgehead atoms. The summed E-state index contributed by atoms with van der Waals surface area (Å²) in [4.78, 5) is 40.8. The Balaban J connectivity index is 1.83. The number of carbonyl (C=O) groups excluding carboxylic acids is 1. The van der Waals surface area contributed by atoms with Gasteiger partial charge < -0.3 is 15.0 Å². The van der Waals surface area contributed by atoms with Crippen molar-refractivity contribution in [2.45, 2.75) is 57.6 Å². The fraction of sp³-hybridized carbons (Fsp3) is 0.632. The van der Waals surface area contributed by atoms with Crippen molar-refractivity contribution in [3.05, 3.63) is 31.3 Å². The van der Waals surface area contributed by atoms with E-state index in [9.17, 15) is 27.6 Å². The van der Waals surface area contributed by atoms with Crippen molar-refractivity contribution >= 4 is 27.6 Å². The predicted octanol–water partition coefficient (Wildman–Crippen LogP) is 2.36. The molecule has 1 aliphatic carbocycles. The third-order valence-electron chi connectivity index (χ3n) is 6.01. The average molecular weight is 460 g/mol. The molecular formula is C19H23F3N4O4S. The lowest BCUT2D eigenvalue weighted by Crippen LogP contribution is -2.47. The third kappa shape index (κ3) is 3.98. The minimum atomic E-state index is -4.44. The first-order valence-electron chi connectivity index (χ1n) is 10.0. The Morgan fingerprint density at radius 2 is 1.94 bits per heavy atom. The van der Waals surface area contributed by atoms with E-state index in [0.29, 0.717) is 36.4 Å². The van der Waals surface area contributed by atoms with Crippen LogP contribution in [0.2, 0.25) is 0 Å². The van der Waals surface area contributed by atoms with Crippen molar-refractivity contribution in [1.82, 2.24) is 19.4 Å². The van der Waals surface area contributed by atoms with E-state index >= 15 is 0 Å². The predicted molar refractivity (Wildman–Crippen MR) is 109 cm³/mol. The summed E-state index contributed by atoms with van der Waals surface area (Å²) in [6.45, 7) is 2.39. The van der Waals surface area contributed by atoms with Gasteiger partial charge in [-0.1, -0.05) is 0 Å². The van der Waals surface area contributed by atoms with Crippen LogP contribution < -0.4 is 16.6 Å². The highest BCUT2D eigenvalue weighted by molar-refractivity contribution is 7.18. The number of hydrogen-bond acceptors (Lipinski definition) is 5. The molecule has 0 atom stereocenters. The quantitative estimate of drug-likeness (QED) is 0.717. The van der Waals surface area contributed by atoms with Gasteiger partial charge in [-0.15, -0.1) is 11.3 Å². The van der Waals surface area contributed by atoms with E-state index < -0.39 is 36.4 Å². The highest BCUT2D eigenvalue weighted by Crippen LogP contribution is 2.34. The van der Waals surface area contributed by atoms with E-state index in [2.05, 4.69) is 5.32 Å². The summed E-state index contributed by atoms with van der Waals surface area (Å²) in [6, 6.07) is -0.637. The first-order chi connectivity index (χ1) is 14.6. The van der Waals surface area contributed by atoms with Crippen molar-refractivity contribution in [3.63, 3.8) is 0 Å². The second kappa shape index (κ2) is 7.97. The normalized spacial score (nSPS) is 21.6. The summed E-state index contributed by atoms with van der Waals surface area (Å²) in [5.41, 5.74) is -0.622. The summed E-state index contributed by atoms with van der Waals surface area (Å²) < 4.78 is 46.2. The number of aromatic nitrogens is 2. The van der Waals surface area contributed by atoms with Gasteiger partial charge in [0.25, 0.3) is 5.56 Å². The Hall–Kier alpha value is -2.34. The van der Waals surface area contributed by atoms with E-state index in [1.54, 1.807) is 11.8 Å². The second-order valence-electron chi connectivity index (χ2n) is 7.94. The molecule has 12 heteroatoms. The van der Waals surface area contributed by atoms with Crippen molar-refractivity contribution in [1.29, 1.82) is 0 Å². The van der Waals surface area contributed by atoms with Gasteiger partial charge in [-0.3, -0.25) is 13.9 Å². The van der Waals surface area contributed by atoms with E-state index in [-0.39, 0.29) is 28.9 Å². The number of nitrogens with one attached hydrogen (secondary N) is 1. The van der Waals surface area contributed by atoms with E-state index in [1.165, 1.54) is 7.11 Å². The maximum atomic E-state index is 13.3. The number of nitrogens with zero attached hydrogens (tertiary/aromatic N) is 3. The molecule has 0 aromatic carbocycles. The number of aryl methyl sites for hydroxylation is 2. The Kier molecular flexibility index (Phi) is 5.63. The zero-order chi connectivity index (χ0) is 22.5. The van der Waals surface area contributed by atoms with Crippen LogP contribution in [-0.4, -0.2) is 52.5 Å². The van der Waals surface area contributed by atoms with Gasteiger partial charge >= 0.3 is 17.9 Å². The zero-order valence-electron chi connectivity index (χ0n) is 17.1. The summed E-state index contributed by atoms with van der Waals surface area (Å²) in [7, 11) is 1.54. The minimum Gasteiger partial charge on any atom is -0.381 e. The number of methoxy groups -OCH3 is 1. The third-order valence-corrected chi connectivity index (χ3v) is 7.31. The standard InChI is InChI=1S/C19H23F3N4O4S/c1-10-13(9-24-6-4-23-17(24)28)31-16-14(10)15(27)26(11-7-12(8-11)30-2)18(29)25(16)5-3-19(20,21)22/h11-12H,3-9H2,1-2H3,(H,23,28)/t11-,12-. The number of carbonyl (C=O) groups is 1. The molecule has 2 aromatic heterocycles. The fourth-order valence-electron chi connectivity index (χ4n) is 4.10. The number of ether oxygens (including phenoxy) is 1. The fourth-order valence-corrected chi connectivity index (χ4v) is 5.43. The molecule has 2 amide bonds. The van der Waals surface area contributed by atoms with Crippen LogP contribution in [0.4, 0.5) is 18.0 Å². The topological polar surface area (TPSA) is 85.6 Å². The van der Waals surface area contributed by atoms with Crippen LogP contribution in [-0.2, 0) is 17.8 Å². The lowest BCUT2D eigenvalue weighted by Gasteiger charge is -2.35. The molecule has 1 N–H and O–H groups in total. The number of hydrogen-bond donors (Lipinski definition) is 1. The molecule has 8 nitrogen and oxygen atoms in total. The number of halogens is 3. The SMILES string of the molecule is CO[C@H]1C[C@H](n2c(=O)c3c(C)c(CN4CCNC4=O)sc3n(CCC(F)(F)F)c2=O)C1. The molecule has 1 saturated carbocycles. The van der Waals surface area contributed by atoms with Gasteiger partial charge in [-0.2, -0.15) is 13.2 Å². The van der Waals surface area contributed by atoms with Crippen LogP contribution >= 0.6 is 11.3 Å². The maximum Gasteiger partial charge on any atom is 0.390 e. The summed E-state index contributed by atoms with van der Waals surface area (Å²) in [5, 5.41) is 2.95. The summed E-state index contributed by atoms with van der Waals surface area (Å²) in [5.74, 6) is 0. The van der Waals surface area contributed by atoms with Crippen LogP contribution in [0.1, 0.15) is 35.7 Å². The first kappa shape index (κ1) is 21.9. The van der Waals surface area contributed by atoms with E-state index in [0.717, 1.165) is 20.5 Å². The average Bonchev–Trinajstić information content (AvgIpc) is 3.20. The second-order valence-corrected chi connectivity index (χ2v) is 9.02. The Bertz CT molecular complexity index is 1130. The number of thiophene rings is 1. The summed E-state index contributed by atoms with van der Waals surface area (Å²) in [6.07, 6.45) is -4.77. The van der Waals surface area contributed by atoms with Crippen LogP contribution in [0, 0.1) is 6.92 Å². The lowest BCUT2D eigenvalue weighted by atomic mass is 9.89. The van der Waals surface area contributed by atoms with Gasteiger partial charge in [-0.05, 0) is 25.3 Å². The zero-order valence-corrected chi connectivity index (χ0v) is 17.9. The van der Waals surface area contributed by atoms with Crippen molar-refractivity contribution in [2.24, 2.45) is 0 Å². The van der Waals surface area contributed by atoms with Gasteiger partial charge in [0, 0.05) is 37.7 Å². The van der Waals surface area contributed by atoms with Crippen LogP contribution in [0.3, 0.4) is 0 Å². The van der Waals surface area contributed by atoms with Gasteiger partial charge in [0.15, 0.2) is 0 Å². The molecule has 2 aromatic rings. The largest absolute Gasteiger partial charge is 0.390 e. The molecular weight excluding hydrogens is 437 g/mol. The Morgan fingerprint density at radius 1 is 1.23 bits per heavy atom. The molecule has 4 rings (SSSR count). The molecule has 0 unspecified atom stereocenters. The van der Waals surface area contributed by atoms with Crippen LogP contribution in [0.5, 0.6) is 0 Å². The van der Waals surface area contributed by atoms with Crippen molar-refractivity contribution < 1.29 is 22.7 Å². The van der Waals surface area contributed by atoms with Gasteiger partial charge in [0.2, 0.25) is 0 Å². The highest BCUT2D eigenvalue weighted by atomic mass is 32.1. The van der Waals surface area contributed by atoms with Gasteiger partial charge in [0.05, 0.1) is 24.5 Å². The maximum absolute atomic E-state index is 13.3. The van der Waals surface area contributed by atoms with Crippen LogP contribution in [0.25, 0.3) is 10.2 Å².